The normalized spacial score (nSPS) is 10.8. The van der Waals surface area contributed by atoms with Crippen molar-refractivity contribution in [2.24, 2.45) is 0 Å². The minimum absolute atomic E-state index is 0.0778. The standard InChI is InChI=1S/C28H20Cl2FN7O/c29-22-15-19(2-4-20(22)28(39)35-12-8-17-6-10-33-11-7-17)37-26-27-36-16-23(38(27)14-13-34-26)21-3-1-18(5-9-32)25(31)24(21)30/h1-4,6-7,10-11,13-16H,5,8,12H2,(H,34,37)(H,35,39). The average Bonchev–Trinajstić information content (AvgIpc) is 3.37. The first-order valence-corrected chi connectivity index (χ1v) is 12.6. The van der Waals surface area contributed by atoms with Crippen molar-refractivity contribution in [1.82, 2.24) is 24.7 Å². The zero-order valence-corrected chi connectivity index (χ0v) is 21.8. The molecule has 0 radical (unpaired) electrons. The number of benzene rings is 2. The summed E-state index contributed by atoms with van der Waals surface area (Å²) < 4.78 is 16.4. The summed E-state index contributed by atoms with van der Waals surface area (Å²) in [4.78, 5) is 25.5. The van der Waals surface area contributed by atoms with Crippen molar-refractivity contribution < 1.29 is 9.18 Å². The maximum atomic E-state index is 14.7. The van der Waals surface area contributed by atoms with Gasteiger partial charge in [-0.25, -0.2) is 14.4 Å². The van der Waals surface area contributed by atoms with Crippen LogP contribution in [-0.4, -0.2) is 31.8 Å². The molecular formula is C28H20Cl2FN7O. The van der Waals surface area contributed by atoms with Gasteiger partial charge >= 0.3 is 0 Å². The lowest BCUT2D eigenvalue weighted by atomic mass is 10.1. The van der Waals surface area contributed by atoms with E-state index in [1.54, 1.807) is 65.7 Å². The maximum Gasteiger partial charge on any atom is 0.252 e. The Kier molecular flexibility index (Phi) is 7.68. The summed E-state index contributed by atoms with van der Waals surface area (Å²) >= 11 is 12.7. The SMILES string of the molecule is N#CCc1ccc(-c2cnc3c(Nc4ccc(C(=O)NCCc5ccncc5)c(Cl)c4)nccn23)c(Cl)c1F. The van der Waals surface area contributed by atoms with E-state index in [-0.39, 0.29) is 27.9 Å². The third-order valence-corrected chi connectivity index (χ3v) is 6.74. The fraction of sp³-hybridized carbons (Fsp3) is 0.107. The van der Waals surface area contributed by atoms with Crippen LogP contribution in [0.3, 0.4) is 0 Å². The van der Waals surface area contributed by atoms with Crippen molar-refractivity contribution in [3.8, 4) is 17.3 Å². The molecule has 1 amide bonds. The van der Waals surface area contributed by atoms with E-state index < -0.39 is 5.82 Å². The predicted molar refractivity (Wildman–Crippen MR) is 148 cm³/mol. The molecule has 0 saturated carbocycles. The van der Waals surface area contributed by atoms with Crippen LogP contribution >= 0.6 is 23.2 Å². The number of carbonyl (C=O) groups excluding carboxylic acids is 1. The highest BCUT2D eigenvalue weighted by atomic mass is 35.5. The summed E-state index contributed by atoms with van der Waals surface area (Å²) in [5, 5.41) is 15.1. The lowest BCUT2D eigenvalue weighted by molar-refractivity contribution is 0.0954. The Morgan fingerprint density at radius 3 is 2.67 bits per heavy atom. The van der Waals surface area contributed by atoms with Crippen LogP contribution in [0, 0.1) is 17.1 Å². The van der Waals surface area contributed by atoms with E-state index >= 15 is 0 Å². The third kappa shape index (κ3) is 5.53. The van der Waals surface area contributed by atoms with Crippen LogP contribution in [0.2, 0.25) is 10.0 Å². The molecule has 39 heavy (non-hydrogen) atoms. The summed E-state index contributed by atoms with van der Waals surface area (Å²) in [6.07, 6.45) is 8.85. The zero-order chi connectivity index (χ0) is 27.4. The average molecular weight is 560 g/mol. The molecule has 0 aliphatic heterocycles. The number of imidazole rings is 1. The first kappa shape index (κ1) is 26.1. The predicted octanol–water partition coefficient (Wildman–Crippen LogP) is 6.02. The van der Waals surface area contributed by atoms with Gasteiger partial charge in [-0.15, -0.1) is 0 Å². The van der Waals surface area contributed by atoms with Gasteiger partial charge in [0.05, 0.1) is 40.0 Å². The van der Waals surface area contributed by atoms with E-state index in [0.29, 0.717) is 46.9 Å². The van der Waals surface area contributed by atoms with Crippen molar-refractivity contribution in [1.29, 1.82) is 5.26 Å². The Morgan fingerprint density at radius 2 is 1.90 bits per heavy atom. The molecule has 2 aromatic carbocycles. The number of amides is 1. The number of pyridine rings is 1. The molecule has 0 unspecified atom stereocenters. The zero-order valence-electron chi connectivity index (χ0n) is 20.3. The Bertz CT molecular complexity index is 1720. The summed E-state index contributed by atoms with van der Waals surface area (Å²) in [6, 6.07) is 13.9. The molecule has 3 aromatic heterocycles. The highest BCUT2D eigenvalue weighted by Crippen LogP contribution is 2.33. The smallest absolute Gasteiger partial charge is 0.252 e. The van der Waals surface area contributed by atoms with Crippen LogP contribution in [0.5, 0.6) is 0 Å². The van der Waals surface area contributed by atoms with Gasteiger partial charge in [-0.3, -0.25) is 14.2 Å². The molecule has 0 saturated heterocycles. The molecule has 0 bridgehead atoms. The third-order valence-electron chi connectivity index (χ3n) is 6.06. The van der Waals surface area contributed by atoms with Gasteiger partial charge in [-0.1, -0.05) is 35.3 Å². The van der Waals surface area contributed by atoms with Crippen molar-refractivity contribution in [3.05, 3.63) is 106 Å². The number of carbonyl (C=O) groups is 1. The Morgan fingerprint density at radius 1 is 1.08 bits per heavy atom. The van der Waals surface area contributed by atoms with Gasteiger partial charge in [-0.05, 0) is 42.3 Å². The molecule has 5 rings (SSSR count). The fourth-order valence-corrected chi connectivity index (χ4v) is 4.64. The Hall–Kier alpha value is -4.52. The first-order chi connectivity index (χ1) is 19.0. The number of anilines is 2. The van der Waals surface area contributed by atoms with Crippen LogP contribution in [0.1, 0.15) is 21.5 Å². The number of rotatable bonds is 8. The van der Waals surface area contributed by atoms with Gasteiger partial charge in [0, 0.05) is 48.1 Å². The van der Waals surface area contributed by atoms with Crippen LogP contribution in [0.25, 0.3) is 16.9 Å². The minimum Gasteiger partial charge on any atom is -0.352 e. The molecule has 0 spiro atoms. The Labute approximate surface area is 233 Å². The second-order valence-electron chi connectivity index (χ2n) is 8.53. The van der Waals surface area contributed by atoms with E-state index in [0.717, 1.165) is 5.56 Å². The summed E-state index contributed by atoms with van der Waals surface area (Å²) in [5.74, 6) is -0.482. The number of aromatic nitrogens is 4. The molecule has 0 fully saturated rings. The highest BCUT2D eigenvalue weighted by Gasteiger charge is 2.18. The highest BCUT2D eigenvalue weighted by molar-refractivity contribution is 6.34. The number of nitrogens with one attached hydrogen (secondary N) is 2. The van der Waals surface area contributed by atoms with E-state index in [2.05, 4.69) is 25.6 Å². The molecule has 2 N–H and O–H groups in total. The minimum atomic E-state index is -0.630. The first-order valence-electron chi connectivity index (χ1n) is 11.9. The number of hydrogen-bond acceptors (Lipinski definition) is 6. The largest absolute Gasteiger partial charge is 0.352 e. The van der Waals surface area contributed by atoms with Gasteiger partial charge in [-0.2, -0.15) is 5.26 Å². The van der Waals surface area contributed by atoms with Gasteiger partial charge in [0.2, 0.25) is 0 Å². The van der Waals surface area contributed by atoms with Crippen LogP contribution in [0.4, 0.5) is 15.9 Å². The van der Waals surface area contributed by atoms with Crippen molar-refractivity contribution >= 4 is 46.3 Å². The number of halogens is 3. The number of nitriles is 1. The molecule has 8 nitrogen and oxygen atoms in total. The number of nitrogens with zero attached hydrogens (tertiary/aromatic N) is 5. The van der Waals surface area contributed by atoms with Crippen molar-refractivity contribution in [2.75, 3.05) is 11.9 Å². The molecule has 0 atom stereocenters. The molecule has 0 aliphatic carbocycles. The van der Waals surface area contributed by atoms with E-state index in [1.807, 2.05) is 18.2 Å². The number of fused-ring (bicyclic) bond motifs is 1. The van der Waals surface area contributed by atoms with Crippen LogP contribution in [-0.2, 0) is 12.8 Å². The van der Waals surface area contributed by atoms with E-state index in [4.69, 9.17) is 28.5 Å². The quantitative estimate of drug-likeness (QED) is 0.240. The van der Waals surface area contributed by atoms with Crippen molar-refractivity contribution in [3.63, 3.8) is 0 Å². The molecule has 194 valence electrons. The van der Waals surface area contributed by atoms with E-state index in [1.165, 1.54) is 0 Å². The van der Waals surface area contributed by atoms with Gasteiger partial charge in [0.25, 0.3) is 5.91 Å². The van der Waals surface area contributed by atoms with Gasteiger partial charge in [0.15, 0.2) is 11.5 Å². The fourth-order valence-electron chi connectivity index (χ4n) is 4.09. The number of hydrogen-bond donors (Lipinski definition) is 2. The summed E-state index contributed by atoms with van der Waals surface area (Å²) in [5.41, 5.74) is 3.71. The van der Waals surface area contributed by atoms with E-state index in [9.17, 15) is 9.18 Å². The monoisotopic (exact) mass is 559 g/mol. The molecule has 3 heterocycles. The summed E-state index contributed by atoms with van der Waals surface area (Å²) in [7, 11) is 0. The molecule has 5 aromatic rings. The second kappa shape index (κ2) is 11.5. The Balaban J connectivity index is 1.34. The lowest BCUT2D eigenvalue weighted by Gasteiger charge is -2.11. The van der Waals surface area contributed by atoms with Gasteiger partial charge in [0.1, 0.15) is 5.82 Å². The molecule has 0 aliphatic rings. The second-order valence-corrected chi connectivity index (χ2v) is 9.31. The van der Waals surface area contributed by atoms with Crippen LogP contribution < -0.4 is 10.6 Å². The topological polar surface area (TPSA) is 108 Å². The van der Waals surface area contributed by atoms with Gasteiger partial charge < -0.3 is 10.6 Å². The van der Waals surface area contributed by atoms with Crippen molar-refractivity contribution in [2.45, 2.75) is 12.8 Å². The molecular weight excluding hydrogens is 540 g/mol. The van der Waals surface area contributed by atoms with Crippen LogP contribution in [0.15, 0.2) is 73.4 Å². The molecule has 11 heteroatoms. The lowest BCUT2D eigenvalue weighted by Crippen LogP contribution is -2.26. The maximum absolute atomic E-state index is 14.7. The summed E-state index contributed by atoms with van der Waals surface area (Å²) in [6.45, 7) is 0.461.